The number of furan rings is 1. The van der Waals surface area contributed by atoms with Gasteiger partial charge in [-0.15, -0.1) is 0 Å². The summed E-state index contributed by atoms with van der Waals surface area (Å²) in [6.45, 7) is 7.28. The molecule has 7 heteroatoms. The molecule has 0 aliphatic carbocycles. The van der Waals surface area contributed by atoms with Gasteiger partial charge >= 0.3 is 0 Å². The van der Waals surface area contributed by atoms with E-state index < -0.39 is 0 Å². The fourth-order valence-electron chi connectivity index (χ4n) is 3.47. The third-order valence-corrected chi connectivity index (χ3v) is 4.91. The number of guanidine groups is 1. The van der Waals surface area contributed by atoms with E-state index in [1.54, 1.807) is 13.1 Å². The largest absolute Gasteiger partial charge is 0.487 e. The maximum Gasteiger partial charge on any atom is 0.287 e. The molecule has 0 radical (unpaired) electrons. The first-order valence-corrected chi connectivity index (χ1v) is 9.97. The van der Waals surface area contributed by atoms with E-state index in [0.29, 0.717) is 18.8 Å². The molecule has 0 fully saturated rings. The van der Waals surface area contributed by atoms with Gasteiger partial charge in [0.05, 0.1) is 12.3 Å². The number of rotatable bonds is 6. The van der Waals surface area contributed by atoms with Crippen LogP contribution in [0.1, 0.15) is 54.4 Å². The average molecular weight is 399 g/mol. The number of nitrogens with one attached hydrogen (secondary N) is 3. The number of benzene rings is 1. The van der Waals surface area contributed by atoms with Gasteiger partial charge in [0.1, 0.15) is 11.4 Å². The summed E-state index contributed by atoms with van der Waals surface area (Å²) in [6.07, 6.45) is 3.13. The minimum atomic E-state index is -0.251. The molecule has 1 atom stereocenters. The van der Waals surface area contributed by atoms with Crippen LogP contribution in [0.4, 0.5) is 0 Å². The number of para-hydroxylation sites is 1. The zero-order chi connectivity index (χ0) is 20.9. The fourth-order valence-corrected chi connectivity index (χ4v) is 3.47. The Bertz CT molecular complexity index is 872. The van der Waals surface area contributed by atoms with Crippen molar-refractivity contribution in [2.24, 2.45) is 4.99 Å². The molecule has 1 aromatic heterocycles. The second-order valence-electron chi connectivity index (χ2n) is 7.84. The molecule has 1 amide bonds. The van der Waals surface area contributed by atoms with Gasteiger partial charge in [-0.1, -0.05) is 18.2 Å². The molecule has 156 valence electrons. The fraction of sp³-hybridized carbons (Fsp3) is 0.455. The van der Waals surface area contributed by atoms with Gasteiger partial charge in [0.25, 0.3) is 5.91 Å². The number of ether oxygens (including phenoxy) is 1. The average Bonchev–Trinajstić information content (AvgIpc) is 3.11. The standard InChI is InChI=1S/C22H30N4O3/c1-15-10-13-28-19(15)20(27)24-11-7-12-25-21(23-4)26-17-14-22(2,3)29-18-9-6-5-8-16(17)18/h5-6,8-10,13,17H,7,11-12,14H2,1-4H3,(H,24,27)(H2,23,25,26). The first kappa shape index (κ1) is 20.8. The number of aliphatic imine (C=N–C) groups is 1. The van der Waals surface area contributed by atoms with Crippen LogP contribution in [0.5, 0.6) is 5.75 Å². The lowest BCUT2D eigenvalue weighted by Crippen LogP contribution is -2.45. The number of nitrogens with zero attached hydrogens (tertiary/aromatic N) is 1. The van der Waals surface area contributed by atoms with Crippen molar-refractivity contribution in [3.8, 4) is 5.75 Å². The summed E-state index contributed by atoms with van der Waals surface area (Å²) in [5.74, 6) is 1.83. The molecule has 0 saturated carbocycles. The number of carbonyl (C=O) groups is 1. The van der Waals surface area contributed by atoms with Crippen molar-refractivity contribution in [3.63, 3.8) is 0 Å². The molecular weight excluding hydrogens is 368 g/mol. The van der Waals surface area contributed by atoms with Crippen LogP contribution >= 0.6 is 0 Å². The van der Waals surface area contributed by atoms with E-state index >= 15 is 0 Å². The zero-order valence-corrected chi connectivity index (χ0v) is 17.5. The monoisotopic (exact) mass is 398 g/mol. The van der Waals surface area contributed by atoms with E-state index in [4.69, 9.17) is 9.15 Å². The lowest BCUT2D eigenvalue weighted by molar-refractivity contribution is 0.0694. The van der Waals surface area contributed by atoms with Crippen LogP contribution < -0.4 is 20.7 Å². The van der Waals surface area contributed by atoms with Gasteiger partial charge in [-0.2, -0.15) is 0 Å². The zero-order valence-electron chi connectivity index (χ0n) is 17.5. The number of hydrogen-bond donors (Lipinski definition) is 3. The Kier molecular flexibility index (Phi) is 6.46. The minimum Gasteiger partial charge on any atom is -0.487 e. The molecule has 1 aliphatic rings. The normalized spacial score (nSPS) is 17.8. The maximum absolute atomic E-state index is 12.0. The van der Waals surface area contributed by atoms with Crippen LogP contribution in [0.15, 0.2) is 46.0 Å². The predicted octanol–water partition coefficient (Wildman–Crippen LogP) is 3.18. The molecule has 1 aromatic carbocycles. The van der Waals surface area contributed by atoms with Crippen molar-refractivity contribution in [3.05, 3.63) is 53.5 Å². The quantitative estimate of drug-likeness (QED) is 0.395. The van der Waals surface area contributed by atoms with Gasteiger partial charge in [0.15, 0.2) is 11.7 Å². The molecule has 7 nitrogen and oxygen atoms in total. The van der Waals surface area contributed by atoms with Gasteiger partial charge in [-0.3, -0.25) is 9.79 Å². The summed E-state index contributed by atoms with van der Waals surface area (Å²) in [5, 5.41) is 9.69. The second-order valence-corrected chi connectivity index (χ2v) is 7.84. The minimum absolute atomic E-state index is 0.114. The van der Waals surface area contributed by atoms with Gasteiger partial charge in [0.2, 0.25) is 0 Å². The molecule has 0 bridgehead atoms. The lowest BCUT2D eigenvalue weighted by atomic mass is 9.90. The molecule has 1 aliphatic heterocycles. The Labute approximate surface area is 171 Å². The number of amides is 1. The molecule has 0 saturated heterocycles. The third kappa shape index (κ3) is 5.31. The Morgan fingerprint density at radius 1 is 1.21 bits per heavy atom. The van der Waals surface area contributed by atoms with Gasteiger partial charge < -0.3 is 25.1 Å². The van der Waals surface area contributed by atoms with E-state index in [1.165, 1.54) is 6.26 Å². The molecule has 1 unspecified atom stereocenters. The number of hydrogen-bond acceptors (Lipinski definition) is 4. The predicted molar refractivity (Wildman–Crippen MR) is 113 cm³/mol. The highest BCUT2D eigenvalue weighted by atomic mass is 16.5. The highest BCUT2D eigenvalue weighted by Gasteiger charge is 2.33. The van der Waals surface area contributed by atoms with E-state index in [1.807, 2.05) is 25.1 Å². The first-order chi connectivity index (χ1) is 13.9. The van der Waals surface area contributed by atoms with Crippen LogP contribution in [-0.4, -0.2) is 37.6 Å². The van der Waals surface area contributed by atoms with Crippen molar-refractivity contribution in [2.45, 2.75) is 45.3 Å². The van der Waals surface area contributed by atoms with Crippen molar-refractivity contribution in [1.82, 2.24) is 16.0 Å². The van der Waals surface area contributed by atoms with E-state index in [-0.39, 0.29) is 17.6 Å². The molecule has 2 aromatic rings. The first-order valence-electron chi connectivity index (χ1n) is 9.97. The van der Waals surface area contributed by atoms with Crippen LogP contribution in [0.25, 0.3) is 0 Å². The molecule has 29 heavy (non-hydrogen) atoms. The van der Waals surface area contributed by atoms with Crippen molar-refractivity contribution in [2.75, 3.05) is 20.1 Å². The topological polar surface area (TPSA) is 87.9 Å². The summed E-state index contributed by atoms with van der Waals surface area (Å²) in [6, 6.07) is 9.99. The van der Waals surface area contributed by atoms with E-state index in [9.17, 15) is 4.79 Å². The summed E-state index contributed by atoms with van der Waals surface area (Å²) < 4.78 is 11.3. The molecule has 2 heterocycles. The van der Waals surface area contributed by atoms with Crippen LogP contribution in [0, 0.1) is 6.92 Å². The van der Waals surface area contributed by atoms with Gasteiger partial charge in [-0.25, -0.2) is 0 Å². The Morgan fingerprint density at radius 3 is 2.69 bits per heavy atom. The molecular formula is C22H30N4O3. The third-order valence-electron chi connectivity index (χ3n) is 4.91. The van der Waals surface area contributed by atoms with E-state index in [2.05, 4.69) is 40.9 Å². The van der Waals surface area contributed by atoms with Crippen molar-refractivity contribution >= 4 is 11.9 Å². The summed E-state index contributed by atoms with van der Waals surface area (Å²) in [4.78, 5) is 16.4. The Morgan fingerprint density at radius 2 is 1.97 bits per heavy atom. The van der Waals surface area contributed by atoms with Crippen LogP contribution in [-0.2, 0) is 0 Å². The molecule has 0 spiro atoms. The summed E-state index contributed by atoms with van der Waals surface area (Å²) >= 11 is 0. The highest BCUT2D eigenvalue weighted by molar-refractivity contribution is 5.92. The Balaban J connectivity index is 1.47. The van der Waals surface area contributed by atoms with Gasteiger partial charge in [0, 0.05) is 37.7 Å². The van der Waals surface area contributed by atoms with Crippen LogP contribution in [0.2, 0.25) is 0 Å². The highest BCUT2D eigenvalue weighted by Crippen LogP contribution is 2.39. The van der Waals surface area contributed by atoms with Gasteiger partial charge in [-0.05, 0) is 39.3 Å². The number of carbonyl (C=O) groups excluding carboxylic acids is 1. The summed E-state index contributed by atoms with van der Waals surface area (Å²) in [7, 11) is 1.76. The number of aryl methyl sites for hydroxylation is 1. The lowest BCUT2D eigenvalue weighted by Gasteiger charge is -2.38. The van der Waals surface area contributed by atoms with Crippen molar-refractivity contribution in [1.29, 1.82) is 0 Å². The SMILES string of the molecule is CN=C(NCCCNC(=O)c1occc1C)NC1CC(C)(C)Oc2ccccc21. The van der Waals surface area contributed by atoms with Crippen LogP contribution in [0.3, 0.4) is 0 Å². The summed E-state index contributed by atoms with van der Waals surface area (Å²) in [5.41, 5.74) is 1.72. The molecule has 3 N–H and O–H groups in total. The number of fused-ring (bicyclic) bond motifs is 1. The maximum atomic E-state index is 12.0. The van der Waals surface area contributed by atoms with Crippen molar-refractivity contribution < 1.29 is 13.9 Å². The molecule has 3 rings (SSSR count). The van der Waals surface area contributed by atoms with E-state index in [0.717, 1.165) is 35.7 Å². The Hall–Kier alpha value is -2.96. The smallest absolute Gasteiger partial charge is 0.287 e. The second kappa shape index (κ2) is 9.03.